The number of aromatic nitrogens is 3. The average molecular weight is 307 g/mol. The van der Waals surface area contributed by atoms with E-state index >= 15 is 0 Å². The molecule has 0 atom stereocenters. The van der Waals surface area contributed by atoms with Gasteiger partial charge in [-0.1, -0.05) is 29.6 Å². The van der Waals surface area contributed by atoms with Crippen molar-refractivity contribution in [1.29, 1.82) is 0 Å². The van der Waals surface area contributed by atoms with Gasteiger partial charge in [0.25, 0.3) is 0 Å². The van der Waals surface area contributed by atoms with E-state index in [2.05, 4.69) is 15.2 Å². The molecular formula is C8H9N3O2S4. The molecule has 0 radical (unpaired) electrons. The molecule has 0 aliphatic rings. The largest absolute Gasteiger partial charge is 0.236 e. The zero-order valence-electron chi connectivity index (χ0n) is 9.08. The number of aryl methyl sites for hydroxylation is 1. The van der Waals surface area contributed by atoms with Gasteiger partial charge in [0.15, 0.2) is 18.5 Å². The van der Waals surface area contributed by atoms with Crippen LogP contribution in [0.1, 0.15) is 11.9 Å². The van der Waals surface area contributed by atoms with Gasteiger partial charge in [-0.15, -0.1) is 10.2 Å². The molecule has 0 saturated carbocycles. The Bertz CT molecular complexity index is 616. The Balaban J connectivity index is 2.17. The summed E-state index contributed by atoms with van der Waals surface area (Å²) in [6, 6.07) is 0. The van der Waals surface area contributed by atoms with Gasteiger partial charge < -0.3 is 0 Å². The van der Waals surface area contributed by atoms with E-state index in [-0.39, 0.29) is 4.21 Å². The van der Waals surface area contributed by atoms with Crippen molar-refractivity contribution in [3.63, 3.8) is 0 Å². The van der Waals surface area contributed by atoms with Crippen LogP contribution < -0.4 is 0 Å². The number of hydrogen-bond acceptors (Lipinski definition) is 8. The standard InChI is InChI=1S/C8H9N3O2S4/c1-3-5-10-11-8(14-5)16-7-9-4-6(15-7)17(2,12)13/h4H,3H2,1-2H3. The molecule has 0 aliphatic heterocycles. The number of nitrogens with zero attached hydrogens (tertiary/aromatic N) is 3. The summed E-state index contributed by atoms with van der Waals surface area (Å²) in [6.07, 6.45) is 3.41. The topological polar surface area (TPSA) is 72.8 Å². The Kier molecular flexibility index (Phi) is 3.81. The summed E-state index contributed by atoms with van der Waals surface area (Å²) in [6.45, 7) is 2.01. The summed E-state index contributed by atoms with van der Waals surface area (Å²) < 4.78 is 24.3. The molecule has 0 amide bonds. The minimum Gasteiger partial charge on any atom is -0.236 e. The lowest BCUT2D eigenvalue weighted by Crippen LogP contribution is -1.91. The second-order valence-electron chi connectivity index (χ2n) is 3.13. The van der Waals surface area contributed by atoms with Crippen molar-refractivity contribution >= 4 is 44.3 Å². The highest BCUT2D eigenvalue weighted by Crippen LogP contribution is 2.34. The quantitative estimate of drug-likeness (QED) is 0.861. The fourth-order valence-electron chi connectivity index (χ4n) is 0.960. The monoisotopic (exact) mass is 307 g/mol. The van der Waals surface area contributed by atoms with Gasteiger partial charge in [-0.2, -0.15) is 0 Å². The van der Waals surface area contributed by atoms with Gasteiger partial charge in [0, 0.05) is 6.26 Å². The fourth-order valence-corrected chi connectivity index (χ4v) is 4.96. The molecular weight excluding hydrogens is 298 g/mol. The zero-order valence-corrected chi connectivity index (χ0v) is 12.3. The molecule has 0 aliphatic carbocycles. The van der Waals surface area contributed by atoms with Crippen LogP contribution in [0, 0.1) is 0 Å². The molecule has 5 nitrogen and oxygen atoms in total. The Morgan fingerprint density at radius 1 is 1.29 bits per heavy atom. The lowest BCUT2D eigenvalue weighted by molar-refractivity contribution is 0.603. The summed E-state index contributed by atoms with van der Waals surface area (Å²) in [5.74, 6) is 0. The highest BCUT2D eigenvalue weighted by atomic mass is 32.2. The number of rotatable bonds is 4. The first-order valence-electron chi connectivity index (χ1n) is 4.65. The normalized spacial score (nSPS) is 11.9. The van der Waals surface area contributed by atoms with Crippen LogP contribution in [0.5, 0.6) is 0 Å². The predicted octanol–water partition coefficient (Wildman–Crippen LogP) is 2.11. The highest BCUT2D eigenvalue weighted by molar-refractivity contribution is 8.03. The second kappa shape index (κ2) is 5.01. The Morgan fingerprint density at radius 3 is 2.59 bits per heavy atom. The summed E-state index contributed by atoms with van der Waals surface area (Å²) in [7, 11) is -3.16. The molecule has 9 heteroatoms. The van der Waals surface area contributed by atoms with Gasteiger partial charge in [-0.25, -0.2) is 13.4 Å². The fraction of sp³-hybridized carbons (Fsp3) is 0.375. The smallest absolute Gasteiger partial charge is 0.186 e. The maximum Gasteiger partial charge on any atom is 0.186 e. The number of thiazole rings is 1. The van der Waals surface area contributed by atoms with E-state index < -0.39 is 9.84 Å². The van der Waals surface area contributed by atoms with Crippen LogP contribution in [-0.2, 0) is 16.3 Å². The maximum atomic E-state index is 11.3. The van der Waals surface area contributed by atoms with E-state index in [1.807, 2.05) is 6.92 Å². The van der Waals surface area contributed by atoms with Crippen molar-refractivity contribution in [1.82, 2.24) is 15.2 Å². The molecule has 0 saturated heterocycles. The van der Waals surface area contributed by atoms with Crippen LogP contribution in [0.3, 0.4) is 0 Å². The van der Waals surface area contributed by atoms with Crippen molar-refractivity contribution < 1.29 is 8.42 Å². The average Bonchev–Trinajstić information content (AvgIpc) is 2.86. The molecule has 0 fully saturated rings. The van der Waals surface area contributed by atoms with Crippen LogP contribution in [-0.4, -0.2) is 29.9 Å². The minimum atomic E-state index is -3.16. The first kappa shape index (κ1) is 12.9. The lowest BCUT2D eigenvalue weighted by Gasteiger charge is -1.88. The van der Waals surface area contributed by atoms with Crippen molar-refractivity contribution in [3.05, 3.63) is 11.2 Å². The summed E-state index contributed by atoms with van der Waals surface area (Å²) >= 11 is 4.01. The molecule has 0 aromatic carbocycles. The SMILES string of the molecule is CCc1nnc(Sc2ncc(S(C)(=O)=O)s2)s1. The van der Waals surface area contributed by atoms with Crippen molar-refractivity contribution in [3.8, 4) is 0 Å². The van der Waals surface area contributed by atoms with Gasteiger partial charge in [0.1, 0.15) is 9.22 Å². The van der Waals surface area contributed by atoms with Crippen LogP contribution in [0.2, 0.25) is 0 Å². The van der Waals surface area contributed by atoms with Gasteiger partial charge in [-0.3, -0.25) is 0 Å². The van der Waals surface area contributed by atoms with Crippen molar-refractivity contribution in [2.24, 2.45) is 0 Å². The van der Waals surface area contributed by atoms with Gasteiger partial charge in [-0.05, 0) is 18.2 Å². The van der Waals surface area contributed by atoms with E-state index in [4.69, 9.17) is 0 Å². The number of sulfone groups is 1. The molecule has 2 rings (SSSR count). The van der Waals surface area contributed by atoms with E-state index in [0.29, 0.717) is 4.34 Å². The lowest BCUT2D eigenvalue weighted by atomic mass is 10.5. The summed E-state index contributed by atoms with van der Waals surface area (Å²) in [5, 5.41) is 8.96. The van der Waals surface area contributed by atoms with E-state index in [0.717, 1.165) is 27.1 Å². The van der Waals surface area contributed by atoms with Crippen LogP contribution >= 0.6 is 34.4 Å². The Hall–Kier alpha value is -0.510. The third kappa shape index (κ3) is 3.24. The third-order valence-electron chi connectivity index (χ3n) is 1.75. The van der Waals surface area contributed by atoms with Gasteiger partial charge in [0.2, 0.25) is 0 Å². The summed E-state index contributed by atoms with van der Waals surface area (Å²) in [4.78, 5) is 4.05. The third-order valence-corrected chi connectivity index (χ3v) is 6.73. The zero-order chi connectivity index (χ0) is 12.5. The molecule has 0 bridgehead atoms. The first-order chi connectivity index (χ1) is 7.99. The van der Waals surface area contributed by atoms with Crippen LogP contribution in [0.4, 0.5) is 0 Å². The van der Waals surface area contributed by atoms with Crippen LogP contribution in [0.15, 0.2) is 19.1 Å². The summed E-state index contributed by atoms with van der Waals surface area (Å²) in [5.41, 5.74) is 0. The minimum absolute atomic E-state index is 0.278. The van der Waals surface area contributed by atoms with E-state index in [1.54, 1.807) is 0 Å². The molecule has 17 heavy (non-hydrogen) atoms. The molecule has 2 aromatic rings. The van der Waals surface area contributed by atoms with Crippen molar-refractivity contribution in [2.75, 3.05) is 6.26 Å². The first-order valence-corrected chi connectivity index (χ1v) is 8.99. The molecule has 92 valence electrons. The van der Waals surface area contributed by atoms with E-state index in [1.165, 1.54) is 35.6 Å². The van der Waals surface area contributed by atoms with Gasteiger partial charge >= 0.3 is 0 Å². The predicted molar refractivity (Wildman–Crippen MR) is 68.6 cm³/mol. The second-order valence-corrected chi connectivity index (χ2v) is 8.96. The molecule has 0 spiro atoms. The Labute approximate surface area is 111 Å². The Morgan fingerprint density at radius 2 is 2.06 bits per heavy atom. The number of hydrogen-bond donors (Lipinski definition) is 0. The molecule has 0 unspecified atom stereocenters. The molecule has 2 heterocycles. The molecule has 0 N–H and O–H groups in total. The van der Waals surface area contributed by atoms with Crippen molar-refractivity contribution in [2.45, 2.75) is 26.2 Å². The highest BCUT2D eigenvalue weighted by Gasteiger charge is 2.14. The van der Waals surface area contributed by atoms with E-state index in [9.17, 15) is 8.42 Å². The molecule has 2 aromatic heterocycles. The van der Waals surface area contributed by atoms with Gasteiger partial charge in [0.05, 0.1) is 6.20 Å². The van der Waals surface area contributed by atoms with Crippen LogP contribution in [0.25, 0.3) is 0 Å². The maximum absolute atomic E-state index is 11.3.